The van der Waals surface area contributed by atoms with Gasteiger partial charge >= 0.3 is 0 Å². The van der Waals surface area contributed by atoms with Crippen LogP contribution >= 0.6 is 0 Å². The van der Waals surface area contributed by atoms with Gasteiger partial charge in [-0.3, -0.25) is 0 Å². The molecule has 1 aromatic carbocycles. The first-order valence-electron chi connectivity index (χ1n) is 8.11. The molecule has 2 heteroatoms. The summed E-state index contributed by atoms with van der Waals surface area (Å²) in [6.45, 7) is 5.22. The Balaban J connectivity index is 1.95. The van der Waals surface area contributed by atoms with Crippen molar-refractivity contribution in [1.29, 1.82) is 0 Å². The van der Waals surface area contributed by atoms with E-state index in [-0.39, 0.29) is 0 Å². The molecule has 0 radical (unpaired) electrons. The fourth-order valence-electron chi connectivity index (χ4n) is 3.26. The molecule has 0 bridgehead atoms. The molecule has 0 aliphatic heterocycles. The van der Waals surface area contributed by atoms with Gasteiger partial charge in [-0.1, -0.05) is 51.3 Å². The maximum absolute atomic E-state index is 6.14. The summed E-state index contributed by atoms with van der Waals surface area (Å²) < 4.78 is 6.14. The lowest BCUT2D eigenvalue weighted by Crippen LogP contribution is -2.39. The lowest BCUT2D eigenvalue weighted by Gasteiger charge is -2.30. The molecule has 2 rings (SSSR count). The molecule has 1 aliphatic carbocycles. The van der Waals surface area contributed by atoms with E-state index in [1.54, 1.807) is 0 Å². The van der Waals surface area contributed by atoms with Gasteiger partial charge in [0, 0.05) is 6.04 Å². The topological polar surface area (TPSA) is 21.3 Å². The van der Waals surface area contributed by atoms with E-state index in [1.165, 1.54) is 37.7 Å². The molecule has 20 heavy (non-hydrogen) atoms. The minimum Gasteiger partial charge on any atom is -0.492 e. The molecule has 1 aromatic rings. The summed E-state index contributed by atoms with van der Waals surface area (Å²) in [7, 11) is 2.07. The van der Waals surface area contributed by atoms with Gasteiger partial charge in [0.05, 0.1) is 0 Å². The fourth-order valence-corrected chi connectivity index (χ4v) is 3.26. The van der Waals surface area contributed by atoms with Crippen molar-refractivity contribution >= 4 is 0 Å². The number of ether oxygens (including phenoxy) is 1. The molecule has 0 saturated heterocycles. The third kappa shape index (κ3) is 3.99. The molecule has 1 aliphatic rings. The second kappa shape index (κ2) is 7.68. The summed E-state index contributed by atoms with van der Waals surface area (Å²) >= 11 is 0. The molecule has 0 amide bonds. The number of para-hydroxylation sites is 1. The molecule has 1 atom stereocenters. The molecule has 0 heterocycles. The van der Waals surface area contributed by atoms with Gasteiger partial charge in [0.25, 0.3) is 0 Å². The van der Waals surface area contributed by atoms with Gasteiger partial charge < -0.3 is 10.1 Å². The van der Waals surface area contributed by atoms with Gasteiger partial charge in [-0.05, 0) is 43.4 Å². The molecule has 1 fully saturated rings. The number of nitrogens with one attached hydrogen (secondary N) is 1. The highest BCUT2D eigenvalue weighted by Crippen LogP contribution is 2.29. The second-order valence-electron chi connectivity index (χ2n) is 6.30. The van der Waals surface area contributed by atoms with E-state index in [0.29, 0.717) is 12.0 Å². The van der Waals surface area contributed by atoms with Crippen LogP contribution in [-0.2, 0) is 0 Å². The SMILES string of the molecule is CNC(COc1ccccc1C(C)C)C1CCCCC1. The van der Waals surface area contributed by atoms with E-state index < -0.39 is 0 Å². The fraction of sp³-hybridized carbons (Fsp3) is 0.667. The predicted octanol–water partition coefficient (Wildman–Crippen LogP) is 4.36. The van der Waals surface area contributed by atoms with Crippen LogP contribution in [0.5, 0.6) is 5.75 Å². The summed E-state index contributed by atoms with van der Waals surface area (Å²) in [4.78, 5) is 0. The van der Waals surface area contributed by atoms with E-state index in [1.807, 2.05) is 0 Å². The quantitative estimate of drug-likeness (QED) is 0.833. The van der Waals surface area contributed by atoms with Gasteiger partial charge in [0.1, 0.15) is 12.4 Å². The number of hydrogen-bond acceptors (Lipinski definition) is 2. The standard InChI is InChI=1S/C18H29NO/c1-14(2)16-11-7-8-12-18(16)20-13-17(19-3)15-9-5-4-6-10-15/h7-8,11-12,14-15,17,19H,4-6,9-10,13H2,1-3H3. The van der Waals surface area contributed by atoms with E-state index >= 15 is 0 Å². The Morgan fingerprint density at radius 1 is 1.15 bits per heavy atom. The smallest absolute Gasteiger partial charge is 0.122 e. The summed E-state index contributed by atoms with van der Waals surface area (Å²) in [5.41, 5.74) is 1.31. The molecule has 0 aromatic heterocycles. The molecular formula is C18H29NO. The average Bonchev–Trinajstić information content (AvgIpc) is 2.49. The summed E-state index contributed by atoms with van der Waals surface area (Å²) in [5, 5.41) is 3.47. The van der Waals surface area contributed by atoms with Gasteiger partial charge in [-0.2, -0.15) is 0 Å². The number of rotatable bonds is 6. The minimum atomic E-state index is 0.482. The Labute approximate surface area is 123 Å². The lowest BCUT2D eigenvalue weighted by molar-refractivity contribution is 0.191. The molecule has 1 N–H and O–H groups in total. The molecule has 0 spiro atoms. The Hall–Kier alpha value is -1.02. The number of benzene rings is 1. The maximum Gasteiger partial charge on any atom is 0.122 e. The van der Waals surface area contributed by atoms with E-state index in [0.717, 1.165) is 18.3 Å². The maximum atomic E-state index is 6.14. The van der Waals surface area contributed by atoms with E-state index in [9.17, 15) is 0 Å². The Morgan fingerprint density at radius 3 is 2.50 bits per heavy atom. The van der Waals surface area contributed by atoms with Crippen molar-refractivity contribution < 1.29 is 4.74 Å². The molecule has 1 saturated carbocycles. The third-order valence-electron chi connectivity index (χ3n) is 4.55. The largest absolute Gasteiger partial charge is 0.492 e. The Kier molecular flexibility index (Phi) is 5.90. The Morgan fingerprint density at radius 2 is 1.85 bits per heavy atom. The van der Waals surface area contributed by atoms with Crippen LogP contribution in [0.15, 0.2) is 24.3 Å². The van der Waals surface area contributed by atoms with Crippen LogP contribution < -0.4 is 10.1 Å². The van der Waals surface area contributed by atoms with Crippen LogP contribution in [-0.4, -0.2) is 19.7 Å². The van der Waals surface area contributed by atoms with Gasteiger partial charge in [-0.25, -0.2) is 0 Å². The van der Waals surface area contributed by atoms with Crippen LogP contribution in [0, 0.1) is 5.92 Å². The van der Waals surface area contributed by atoms with Gasteiger partial charge in [0.15, 0.2) is 0 Å². The van der Waals surface area contributed by atoms with Crippen molar-refractivity contribution in [2.45, 2.75) is 57.9 Å². The summed E-state index contributed by atoms with van der Waals surface area (Å²) in [5.74, 6) is 2.34. The van der Waals surface area contributed by atoms with Crippen molar-refractivity contribution in [2.24, 2.45) is 5.92 Å². The number of hydrogen-bond donors (Lipinski definition) is 1. The summed E-state index contributed by atoms with van der Waals surface area (Å²) in [6.07, 6.45) is 6.86. The van der Waals surface area contributed by atoms with Crippen LogP contribution in [0.1, 0.15) is 57.4 Å². The van der Waals surface area contributed by atoms with Crippen LogP contribution in [0.2, 0.25) is 0 Å². The van der Waals surface area contributed by atoms with Crippen molar-refractivity contribution in [1.82, 2.24) is 5.32 Å². The van der Waals surface area contributed by atoms with Crippen molar-refractivity contribution in [3.05, 3.63) is 29.8 Å². The zero-order valence-electron chi connectivity index (χ0n) is 13.2. The van der Waals surface area contributed by atoms with E-state index in [2.05, 4.69) is 50.5 Å². The molecular weight excluding hydrogens is 246 g/mol. The normalized spacial score (nSPS) is 18.2. The highest BCUT2D eigenvalue weighted by atomic mass is 16.5. The van der Waals surface area contributed by atoms with Crippen molar-refractivity contribution in [3.63, 3.8) is 0 Å². The second-order valence-corrected chi connectivity index (χ2v) is 6.30. The monoisotopic (exact) mass is 275 g/mol. The minimum absolute atomic E-state index is 0.482. The average molecular weight is 275 g/mol. The van der Waals surface area contributed by atoms with Crippen LogP contribution in [0.25, 0.3) is 0 Å². The van der Waals surface area contributed by atoms with Gasteiger partial charge in [-0.15, -0.1) is 0 Å². The highest BCUT2D eigenvalue weighted by molar-refractivity contribution is 5.35. The first-order chi connectivity index (χ1) is 9.72. The zero-order valence-corrected chi connectivity index (χ0v) is 13.2. The van der Waals surface area contributed by atoms with Crippen LogP contribution in [0.4, 0.5) is 0 Å². The van der Waals surface area contributed by atoms with E-state index in [4.69, 9.17) is 4.74 Å². The molecule has 112 valence electrons. The van der Waals surface area contributed by atoms with Gasteiger partial charge in [0.2, 0.25) is 0 Å². The number of likely N-dealkylation sites (N-methyl/N-ethyl adjacent to an activating group) is 1. The zero-order chi connectivity index (χ0) is 14.4. The van der Waals surface area contributed by atoms with Crippen molar-refractivity contribution in [2.75, 3.05) is 13.7 Å². The van der Waals surface area contributed by atoms with Crippen LogP contribution in [0.3, 0.4) is 0 Å². The molecule has 2 nitrogen and oxygen atoms in total. The first kappa shape index (κ1) is 15.4. The summed E-state index contributed by atoms with van der Waals surface area (Å²) in [6, 6.07) is 8.92. The first-order valence-corrected chi connectivity index (χ1v) is 8.11. The lowest BCUT2D eigenvalue weighted by atomic mass is 9.84. The molecule has 1 unspecified atom stereocenters. The third-order valence-corrected chi connectivity index (χ3v) is 4.55. The highest BCUT2D eigenvalue weighted by Gasteiger charge is 2.23. The van der Waals surface area contributed by atoms with Crippen molar-refractivity contribution in [3.8, 4) is 5.75 Å². The predicted molar refractivity (Wildman–Crippen MR) is 85.4 cm³/mol. The Bertz CT molecular complexity index is 396.